The number of hydrogen-bond acceptors (Lipinski definition) is 2. The number of rotatable bonds is 4. The van der Waals surface area contributed by atoms with Gasteiger partial charge in [0.1, 0.15) is 5.82 Å². The maximum absolute atomic E-state index is 13.6. The van der Waals surface area contributed by atoms with Crippen LogP contribution < -0.4 is 5.32 Å². The summed E-state index contributed by atoms with van der Waals surface area (Å²) in [5.41, 5.74) is 3.65. The highest BCUT2D eigenvalue weighted by atomic mass is 19.1. The van der Waals surface area contributed by atoms with Crippen molar-refractivity contribution in [2.24, 2.45) is 7.05 Å². The standard InChI is InChI=1S/C15H20FN3/c1-5-14-15(9-19(4)18-14)17-11(3)12-7-6-10(2)13(16)8-12/h6-9,11,17H,5H2,1-4H3. The second-order valence-corrected chi connectivity index (χ2v) is 4.89. The quantitative estimate of drug-likeness (QED) is 0.911. The number of nitrogens with zero attached hydrogens (tertiary/aromatic N) is 2. The van der Waals surface area contributed by atoms with Gasteiger partial charge in [-0.1, -0.05) is 19.1 Å². The molecule has 0 spiro atoms. The molecule has 1 aromatic heterocycles. The molecular weight excluding hydrogens is 241 g/mol. The first-order valence-corrected chi connectivity index (χ1v) is 6.56. The van der Waals surface area contributed by atoms with Crippen LogP contribution in [0.1, 0.15) is 36.7 Å². The molecule has 0 fully saturated rings. The van der Waals surface area contributed by atoms with E-state index in [1.165, 1.54) is 0 Å². The molecule has 0 saturated heterocycles. The summed E-state index contributed by atoms with van der Waals surface area (Å²) in [4.78, 5) is 0. The van der Waals surface area contributed by atoms with Gasteiger partial charge in [-0.25, -0.2) is 4.39 Å². The Hall–Kier alpha value is -1.84. The lowest BCUT2D eigenvalue weighted by molar-refractivity contribution is 0.614. The summed E-state index contributed by atoms with van der Waals surface area (Å²) < 4.78 is 15.4. The first-order chi connectivity index (χ1) is 9.01. The van der Waals surface area contributed by atoms with Crippen LogP contribution in [0.2, 0.25) is 0 Å². The van der Waals surface area contributed by atoms with Crippen molar-refractivity contribution in [3.63, 3.8) is 0 Å². The molecule has 0 bridgehead atoms. The highest BCUT2D eigenvalue weighted by molar-refractivity contribution is 5.48. The summed E-state index contributed by atoms with van der Waals surface area (Å²) in [6.07, 6.45) is 2.83. The van der Waals surface area contributed by atoms with Gasteiger partial charge >= 0.3 is 0 Å². The first-order valence-electron chi connectivity index (χ1n) is 6.56. The Morgan fingerprint density at radius 1 is 1.42 bits per heavy atom. The Labute approximate surface area is 113 Å². The third-order valence-electron chi connectivity index (χ3n) is 3.31. The van der Waals surface area contributed by atoms with Crippen molar-refractivity contribution in [3.8, 4) is 0 Å². The molecule has 1 atom stereocenters. The van der Waals surface area contributed by atoms with Gasteiger partial charge in [-0.05, 0) is 37.5 Å². The van der Waals surface area contributed by atoms with Crippen LogP contribution in [0.15, 0.2) is 24.4 Å². The van der Waals surface area contributed by atoms with Gasteiger partial charge in [0, 0.05) is 19.3 Å². The molecule has 0 aliphatic carbocycles. The van der Waals surface area contributed by atoms with E-state index in [0.717, 1.165) is 23.4 Å². The first kappa shape index (κ1) is 13.6. The summed E-state index contributed by atoms with van der Waals surface area (Å²) in [5.74, 6) is -0.159. The van der Waals surface area contributed by atoms with Crippen molar-refractivity contribution >= 4 is 5.69 Å². The van der Waals surface area contributed by atoms with Gasteiger partial charge in [-0.3, -0.25) is 4.68 Å². The second kappa shape index (κ2) is 5.43. The zero-order valence-corrected chi connectivity index (χ0v) is 11.9. The Morgan fingerprint density at radius 3 is 2.79 bits per heavy atom. The zero-order valence-electron chi connectivity index (χ0n) is 11.9. The Morgan fingerprint density at radius 2 is 2.16 bits per heavy atom. The van der Waals surface area contributed by atoms with Crippen molar-refractivity contribution in [1.29, 1.82) is 0 Å². The van der Waals surface area contributed by atoms with E-state index in [9.17, 15) is 4.39 Å². The average Bonchev–Trinajstić information content (AvgIpc) is 2.72. The molecule has 1 aromatic carbocycles. The van der Waals surface area contributed by atoms with E-state index < -0.39 is 0 Å². The number of halogens is 1. The molecule has 2 rings (SSSR count). The molecule has 0 aliphatic rings. The summed E-state index contributed by atoms with van der Waals surface area (Å²) in [6, 6.07) is 5.41. The van der Waals surface area contributed by atoms with Crippen LogP contribution in [0.5, 0.6) is 0 Å². The number of anilines is 1. The van der Waals surface area contributed by atoms with Gasteiger partial charge in [0.15, 0.2) is 0 Å². The molecule has 4 heteroatoms. The largest absolute Gasteiger partial charge is 0.376 e. The highest BCUT2D eigenvalue weighted by Crippen LogP contribution is 2.23. The van der Waals surface area contributed by atoms with Gasteiger partial charge in [-0.15, -0.1) is 0 Å². The molecule has 19 heavy (non-hydrogen) atoms. The fourth-order valence-electron chi connectivity index (χ4n) is 2.11. The fourth-order valence-corrected chi connectivity index (χ4v) is 2.11. The molecule has 1 heterocycles. The molecule has 1 N–H and O–H groups in total. The maximum Gasteiger partial charge on any atom is 0.126 e. The monoisotopic (exact) mass is 261 g/mol. The third-order valence-corrected chi connectivity index (χ3v) is 3.31. The van der Waals surface area contributed by atoms with Crippen LogP contribution in [0.25, 0.3) is 0 Å². The highest BCUT2D eigenvalue weighted by Gasteiger charge is 2.11. The Kier molecular flexibility index (Phi) is 3.88. The van der Waals surface area contributed by atoms with E-state index in [-0.39, 0.29) is 11.9 Å². The lowest BCUT2D eigenvalue weighted by atomic mass is 10.1. The molecule has 3 nitrogen and oxygen atoms in total. The van der Waals surface area contributed by atoms with Crippen LogP contribution in [0.4, 0.5) is 10.1 Å². The second-order valence-electron chi connectivity index (χ2n) is 4.89. The van der Waals surface area contributed by atoms with Gasteiger partial charge in [0.25, 0.3) is 0 Å². The van der Waals surface area contributed by atoms with Crippen molar-refractivity contribution in [3.05, 3.63) is 47.0 Å². The van der Waals surface area contributed by atoms with Crippen LogP contribution in [0.3, 0.4) is 0 Å². The number of hydrogen-bond donors (Lipinski definition) is 1. The summed E-state index contributed by atoms with van der Waals surface area (Å²) in [5, 5.41) is 7.78. The number of aryl methyl sites for hydroxylation is 3. The zero-order chi connectivity index (χ0) is 14.0. The minimum absolute atomic E-state index is 0.0459. The molecular formula is C15H20FN3. The van der Waals surface area contributed by atoms with Crippen LogP contribution in [-0.2, 0) is 13.5 Å². The van der Waals surface area contributed by atoms with Gasteiger partial charge in [-0.2, -0.15) is 5.10 Å². The van der Waals surface area contributed by atoms with Crippen LogP contribution >= 0.6 is 0 Å². The Balaban J connectivity index is 2.20. The van der Waals surface area contributed by atoms with E-state index in [1.807, 2.05) is 32.3 Å². The molecule has 0 amide bonds. The van der Waals surface area contributed by atoms with Gasteiger partial charge in [0.2, 0.25) is 0 Å². The molecule has 102 valence electrons. The van der Waals surface area contributed by atoms with E-state index >= 15 is 0 Å². The minimum Gasteiger partial charge on any atom is -0.376 e. The van der Waals surface area contributed by atoms with Gasteiger partial charge < -0.3 is 5.32 Å². The van der Waals surface area contributed by atoms with Crippen LogP contribution in [-0.4, -0.2) is 9.78 Å². The molecule has 0 saturated carbocycles. The summed E-state index contributed by atoms with van der Waals surface area (Å²) >= 11 is 0. The minimum atomic E-state index is -0.159. The van der Waals surface area contributed by atoms with Crippen molar-refractivity contribution in [2.75, 3.05) is 5.32 Å². The van der Waals surface area contributed by atoms with E-state index in [4.69, 9.17) is 0 Å². The van der Waals surface area contributed by atoms with E-state index in [1.54, 1.807) is 17.7 Å². The van der Waals surface area contributed by atoms with Crippen molar-refractivity contribution in [2.45, 2.75) is 33.2 Å². The predicted octanol–water partition coefficient (Wildman–Crippen LogP) is 3.60. The summed E-state index contributed by atoms with van der Waals surface area (Å²) in [6.45, 7) is 5.87. The molecule has 0 radical (unpaired) electrons. The normalized spacial score (nSPS) is 12.5. The SMILES string of the molecule is CCc1nn(C)cc1NC(C)c1ccc(C)c(F)c1. The lowest BCUT2D eigenvalue weighted by Gasteiger charge is -2.15. The topological polar surface area (TPSA) is 29.9 Å². The molecule has 2 aromatic rings. The molecule has 1 unspecified atom stereocenters. The van der Waals surface area contributed by atoms with Crippen molar-refractivity contribution in [1.82, 2.24) is 9.78 Å². The van der Waals surface area contributed by atoms with E-state index in [0.29, 0.717) is 5.56 Å². The maximum atomic E-state index is 13.6. The average molecular weight is 261 g/mol. The van der Waals surface area contributed by atoms with E-state index in [2.05, 4.69) is 17.3 Å². The number of nitrogens with one attached hydrogen (secondary N) is 1. The predicted molar refractivity (Wildman–Crippen MR) is 75.8 cm³/mol. The third kappa shape index (κ3) is 2.95. The Bertz CT molecular complexity index is 575. The molecule has 0 aliphatic heterocycles. The smallest absolute Gasteiger partial charge is 0.126 e. The van der Waals surface area contributed by atoms with Crippen molar-refractivity contribution < 1.29 is 4.39 Å². The number of benzene rings is 1. The van der Waals surface area contributed by atoms with Crippen LogP contribution in [0, 0.1) is 12.7 Å². The lowest BCUT2D eigenvalue weighted by Crippen LogP contribution is -2.08. The summed E-state index contributed by atoms with van der Waals surface area (Å²) in [7, 11) is 1.90. The fraction of sp³-hybridized carbons (Fsp3) is 0.400. The number of aromatic nitrogens is 2. The van der Waals surface area contributed by atoms with Gasteiger partial charge in [0.05, 0.1) is 11.4 Å².